The van der Waals surface area contributed by atoms with Gasteiger partial charge in [-0.1, -0.05) is 17.7 Å². The Morgan fingerprint density at radius 1 is 1.14 bits per heavy atom. The summed E-state index contributed by atoms with van der Waals surface area (Å²) < 4.78 is 0. The van der Waals surface area contributed by atoms with Crippen LogP contribution in [0.2, 0.25) is 5.02 Å². The fourth-order valence-corrected chi connectivity index (χ4v) is 4.68. The maximum atomic E-state index is 11.4. The van der Waals surface area contributed by atoms with Crippen LogP contribution in [0, 0.1) is 5.92 Å². The van der Waals surface area contributed by atoms with Gasteiger partial charge in [-0.15, -0.1) is 11.3 Å². The first kappa shape index (κ1) is 18.8. The molecular formula is C20H20ClN5OS. The quantitative estimate of drug-likeness (QED) is 0.629. The Morgan fingerprint density at radius 3 is 2.71 bits per heavy atom. The molecule has 0 aromatic carbocycles. The molecule has 8 heteroatoms. The van der Waals surface area contributed by atoms with Crippen molar-refractivity contribution in [2.24, 2.45) is 11.7 Å². The second-order valence-electron chi connectivity index (χ2n) is 6.91. The number of rotatable bonds is 5. The highest BCUT2D eigenvalue weighted by Crippen LogP contribution is 2.39. The standard InChI is InChI=1S/C20H20ClN5OS/c21-14-8-9-23-18(10-14)26-17-3-1-2-15(25-17)16-11-24-20(28-16)13-6-4-12(5-7-13)19(22)27/h1-3,8-13H,4-7H2,(H2,22,27)(H,23,25,26)/t12-,13-. The molecule has 0 aliphatic heterocycles. The van der Waals surface area contributed by atoms with Gasteiger partial charge >= 0.3 is 0 Å². The summed E-state index contributed by atoms with van der Waals surface area (Å²) in [6.45, 7) is 0. The second kappa shape index (κ2) is 8.24. The monoisotopic (exact) mass is 413 g/mol. The average molecular weight is 414 g/mol. The summed E-state index contributed by atoms with van der Waals surface area (Å²) in [5.41, 5.74) is 6.29. The van der Waals surface area contributed by atoms with Crippen LogP contribution in [0.4, 0.5) is 11.6 Å². The average Bonchev–Trinajstić information content (AvgIpc) is 3.19. The largest absolute Gasteiger partial charge is 0.369 e. The van der Waals surface area contributed by atoms with Gasteiger partial charge in [0.05, 0.1) is 15.6 Å². The van der Waals surface area contributed by atoms with Crippen LogP contribution < -0.4 is 11.1 Å². The summed E-state index contributed by atoms with van der Waals surface area (Å²) in [6, 6.07) is 9.29. The van der Waals surface area contributed by atoms with Gasteiger partial charge in [-0.2, -0.15) is 0 Å². The lowest BCUT2D eigenvalue weighted by Gasteiger charge is -2.24. The summed E-state index contributed by atoms with van der Waals surface area (Å²) in [5, 5.41) is 4.90. The van der Waals surface area contributed by atoms with E-state index < -0.39 is 0 Å². The van der Waals surface area contributed by atoms with E-state index in [2.05, 4.69) is 20.3 Å². The van der Waals surface area contributed by atoms with Gasteiger partial charge in [0.25, 0.3) is 0 Å². The van der Waals surface area contributed by atoms with Crippen molar-refractivity contribution >= 4 is 40.5 Å². The van der Waals surface area contributed by atoms with Crippen LogP contribution in [0.3, 0.4) is 0 Å². The number of hydrogen-bond acceptors (Lipinski definition) is 6. The zero-order valence-corrected chi connectivity index (χ0v) is 16.7. The third-order valence-corrected chi connectivity index (χ3v) is 6.40. The van der Waals surface area contributed by atoms with Crippen LogP contribution in [0.5, 0.6) is 0 Å². The van der Waals surface area contributed by atoms with E-state index in [0.717, 1.165) is 41.3 Å². The normalized spacial score (nSPS) is 19.3. The first-order valence-corrected chi connectivity index (χ1v) is 10.4. The number of pyridine rings is 2. The minimum Gasteiger partial charge on any atom is -0.369 e. The Kier molecular flexibility index (Phi) is 5.54. The smallest absolute Gasteiger partial charge is 0.220 e. The van der Waals surface area contributed by atoms with Gasteiger partial charge in [0.1, 0.15) is 11.6 Å². The summed E-state index contributed by atoms with van der Waals surface area (Å²) in [6.07, 6.45) is 7.13. The highest BCUT2D eigenvalue weighted by atomic mass is 35.5. The summed E-state index contributed by atoms with van der Waals surface area (Å²) >= 11 is 7.67. The number of anilines is 2. The number of nitrogens with zero attached hydrogens (tertiary/aromatic N) is 3. The molecule has 3 N–H and O–H groups in total. The summed E-state index contributed by atoms with van der Waals surface area (Å²) in [4.78, 5) is 25.9. The second-order valence-corrected chi connectivity index (χ2v) is 8.40. The molecule has 3 aromatic rings. The molecule has 0 unspecified atom stereocenters. The van der Waals surface area contributed by atoms with E-state index in [9.17, 15) is 4.79 Å². The van der Waals surface area contributed by atoms with Crippen LogP contribution in [-0.2, 0) is 4.79 Å². The van der Waals surface area contributed by atoms with E-state index in [1.807, 2.05) is 24.4 Å². The molecule has 3 heterocycles. The van der Waals surface area contributed by atoms with Gasteiger partial charge in [0.2, 0.25) is 5.91 Å². The number of carbonyl (C=O) groups is 1. The molecule has 0 atom stereocenters. The molecular weight excluding hydrogens is 394 g/mol. The Bertz CT molecular complexity index is 984. The van der Waals surface area contributed by atoms with Crippen molar-refractivity contribution < 1.29 is 4.79 Å². The van der Waals surface area contributed by atoms with E-state index in [4.69, 9.17) is 17.3 Å². The van der Waals surface area contributed by atoms with Crippen LogP contribution in [0.25, 0.3) is 10.6 Å². The molecule has 1 amide bonds. The third-order valence-electron chi connectivity index (χ3n) is 4.98. The van der Waals surface area contributed by atoms with Gasteiger partial charge in [-0.05, 0) is 49.9 Å². The van der Waals surface area contributed by atoms with Crippen LogP contribution in [-0.4, -0.2) is 20.9 Å². The molecule has 1 fully saturated rings. The van der Waals surface area contributed by atoms with Crippen molar-refractivity contribution in [1.82, 2.24) is 15.0 Å². The molecule has 1 aliphatic rings. The minimum atomic E-state index is -0.180. The minimum absolute atomic E-state index is 0.0141. The Hall–Kier alpha value is -2.51. The Labute approximate surface area is 172 Å². The zero-order valence-electron chi connectivity index (χ0n) is 15.1. The lowest BCUT2D eigenvalue weighted by Crippen LogP contribution is -2.27. The molecule has 1 aliphatic carbocycles. The summed E-state index contributed by atoms with van der Waals surface area (Å²) in [5.74, 6) is 1.57. The Balaban J connectivity index is 1.47. The first-order chi connectivity index (χ1) is 13.6. The first-order valence-electron chi connectivity index (χ1n) is 9.19. The number of aromatic nitrogens is 3. The summed E-state index contributed by atoms with van der Waals surface area (Å²) in [7, 11) is 0. The van der Waals surface area contributed by atoms with Gasteiger partial charge in [0.15, 0.2) is 0 Å². The number of nitrogens with one attached hydrogen (secondary N) is 1. The maximum Gasteiger partial charge on any atom is 0.220 e. The number of hydrogen-bond donors (Lipinski definition) is 2. The van der Waals surface area contributed by atoms with E-state index >= 15 is 0 Å². The number of carbonyl (C=O) groups excluding carboxylic acids is 1. The van der Waals surface area contributed by atoms with Crippen LogP contribution in [0.1, 0.15) is 36.6 Å². The molecule has 1 saturated carbocycles. The van der Waals surface area contributed by atoms with E-state index in [0.29, 0.717) is 22.6 Å². The molecule has 0 bridgehead atoms. The molecule has 6 nitrogen and oxygen atoms in total. The topological polar surface area (TPSA) is 93.8 Å². The van der Waals surface area contributed by atoms with Crippen LogP contribution in [0.15, 0.2) is 42.7 Å². The van der Waals surface area contributed by atoms with Crippen molar-refractivity contribution in [3.05, 3.63) is 52.8 Å². The maximum absolute atomic E-state index is 11.4. The molecule has 0 radical (unpaired) electrons. The fourth-order valence-electron chi connectivity index (χ4n) is 3.47. The fraction of sp³-hybridized carbons (Fsp3) is 0.300. The SMILES string of the molecule is NC(=O)[C@H]1CC[C@H](c2ncc(-c3cccc(Nc4cc(Cl)ccn4)n3)s2)CC1. The molecule has 28 heavy (non-hydrogen) atoms. The van der Waals surface area contributed by atoms with E-state index in [-0.39, 0.29) is 11.8 Å². The van der Waals surface area contributed by atoms with Crippen LogP contribution >= 0.6 is 22.9 Å². The number of amides is 1. The number of thiazole rings is 1. The lowest BCUT2D eigenvalue weighted by molar-refractivity contribution is -0.122. The third kappa shape index (κ3) is 4.31. The molecule has 3 aromatic heterocycles. The van der Waals surface area contributed by atoms with Crippen molar-refractivity contribution in [2.75, 3.05) is 5.32 Å². The number of halogens is 1. The van der Waals surface area contributed by atoms with Gasteiger partial charge < -0.3 is 11.1 Å². The van der Waals surface area contributed by atoms with E-state index in [1.54, 1.807) is 29.7 Å². The van der Waals surface area contributed by atoms with Crippen molar-refractivity contribution in [3.63, 3.8) is 0 Å². The molecule has 0 saturated heterocycles. The molecule has 144 valence electrons. The molecule has 4 rings (SSSR count). The van der Waals surface area contributed by atoms with E-state index in [1.165, 1.54) is 0 Å². The van der Waals surface area contributed by atoms with Crippen molar-refractivity contribution in [3.8, 4) is 10.6 Å². The van der Waals surface area contributed by atoms with Gasteiger partial charge in [-0.25, -0.2) is 15.0 Å². The lowest BCUT2D eigenvalue weighted by atomic mass is 9.82. The Morgan fingerprint density at radius 2 is 1.96 bits per heavy atom. The predicted molar refractivity (Wildman–Crippen MR) is 112 cm³/mol. The highest BCUT2D eigenvalue weighted by molar-refractivity contribution is 7.15. The molecule has 0 spiro atoms. The highest BCUT2D eigenvalue weighted by Gasteiger charge is 2.27. The van der Waals surface area contributed by atoms with Gasteiger partial charge in [-0.3, -0.25) is 4.79 Å². The predicted octanol–water partition coefficient (Wildman–Crippen LogP) is 4.76. The zero-order chi connectivity index (χ0) is 19.5. The number of nitrogens with two attached hydrogens (primary N) is 1. The van der Waals surface area contributed by atoms with Crippen molar-refractivity contribution in [1.29, 1.82) is 0 Å². The van der Waals surface area contributed by atoms with Gasteiger partial charge in [0, 0.05) is 29.3 Å². The van der Waals surface area contributed by atoms with Crippen molar-refractivity contribution in [2.45, 2.75) is 31.6 Å². The number of primary amides is 1.